The first-order valence-corrected chi connectivity index (χ1v) is 9.73. The maximum Gasteiger partial charge on any atom is 0.199 e. The van der Waals surface area contributed by atoms with E-state index in [9.17, 15) is 8.42 Å². The largest absolute Gasteiger partial charge is 0.219 e. The van der Waals surface area contributed by atoms with E-state index < -0.39 is 9.84 Å². The van der Waals surface area contributed by atoms with Crippen molar-refractivity contribution in [1.82, 2.24) is 0 Å². The van der Waals surface area contributed by atoms with Crippen molar-refractivity contribution in [2.24, 2.45) is 0 Å². The fraction of sp³-hybridized carbons (Fsp3) is 0.500. The van der Waals surface area contributed by atoms with Crippen molar-refractivity contribution in [3.8, 4) is 0 Å². The maximum atomic E-state index is 11.6. The van der Waals surface area contributed by atoms with Crippen LogP contribution in [0.3, 0.4) is 0 Å². The van der Waals surface area contributed by atoms with Gasteiger partial charge in [-0.3, -0.25) is 0 Å². The number of benzene rings is 1. The number of hydrogen-bond acceptors (Lipinski definition) is 3. The molecule has 0 spiro atoms. The second-order valence-corrected chi connectivity index (χ2v) is 7.86. The van der Waals surface area contributed by atoms with Gasteiger partial charge in [0.2, 0.25) is 0 Å². The molecule has 112 valence electrons. The minimum atomic E-state index is -3.30. The van der Waals surface area contributed by atoms with Gasteiger partial charge in [0.25, 0.3) is 0 Å². The maximum absolute atomic E-state index is 11.6. The molecule has 0 saturated carbocycles. The Morgan fingerprint density at radius 2 is 1.65 bits per heavy atom. The van der Waals surface area contributed by atoms with Crippen molar-refractivity contribution in [2.75, 3.05) is 5.75 Å². The fourth-order valence-electron chi connectivity index (χ4n) is 1.89. The molecule has 0 heterocycles. The predicted octanol–water partition coefficient (Wildman–Crippen LogP) is 5.06. The summed E-state index contributed by atoms with van der Waals surface area (Å²) >= 11 is 1.79. The number of unbranched alkanes of at least 4 members (excludes halogenated alkanes) is 5. The normalized spacial score (nSPS) is 11.4. The molecular formula is C16H24O2S2. The molecule has 4 heteroatoms. The highest BCUT2D eigenvalue weighted by Gasteiger charge is 2.08. The molecule has 0 aliphatic carbocycles. The molecule has 0 fully saturated rings. The van der Waals surface area contributed by atoms with Crippen LogP contribution in [-0.2, 0) is 9.84 Å². The summed E-state index contributed by atoms with van der Waals surface area (Å²) in [7, 11) is -3.30. The topological polar surface area (TPSA) is 34.1 Å². The van der Waals surface area contributed by atoms with Gasteiger partial charge in [-0.2, -0.15) is 0 Å². The van der Waals surface area contributed by atoms with Gasteiger partial charge in [0, 0.05) is 10.3 Å². The van der Waals surface area contributed by atoms with Crippen LogP contribution in [0, 0.1) is 0 Å². The SMILES string of the molecule is C=CS(=O)(=O)c1ccc(SCCCCCCCC)cc1. The third kappa shape index (κ3) is 6.14. The Morgan fingerprint density at radius 3 is 2.25 bits per heavy atom. The number of hydrogen-bond donors (Lipinski definition) is 0. The molecule has 2 nitrogen and oxygen atoms in total. The van der Waals surface area contributed by atoms with Crippen LogP contribution >= 0.6 is 11.8 Å². The van der Waals surface area contributed by atoms with Gasteiger partial charge < -0.3 is 0 Å². The lowest BCUT2D eigenvalue weighted by molar-refractivity contribution is 0.604. The molecule has 0 N–H and O–H groups in total. The van der Waals surface area contributed by atoms with Crippen LogP contribution in [0.2, 0.25) is 0 Å². The van der Waals surface area contributed by atoms with Crippen molar-refractivity contribution in [3.63, 3.8) is 0 Å². The van der Waals surface area contributed by atoms with Crippen LogP contribution < -0.4 is 0 Å². The van der Waals surface area contributed by atoms with Crippen LogP contribution in [0.25, 0.3) is 0 Å². The second-order valence-electron chi connectivity index (χ2n) is 4.80. The summed E-state index contributed by atoms with van der Waals surface area (Å²) in [6.07, 6.45) is 7.80. The zero-order valence-corrected chi connectivity index (χ0v) is 13.8. The highest BCUT2D eigenvalue weighted by molar-refractivity contribution is 7.99. The minimum Gasteiger partial charge on any atom is -0.219 e. The van der Waals surface area contributed by atoms with E-state index in [2.05, 4.69) is 13.5 Å². The summed E-state index contributed by atoms with van der Waals surface area (Å²) < 4.78 is 23.1. The Kier molecular flexibility index (Phi) is 8.00. The van der Waals surface area contributed by atoms with E-state index in [1.54, 1.807) is 23.9 Å². The Balaban J connectivity index is 2.30. The summed E-state index contributed by atoms with van der Waals surface area (Å²) in [6, 6.07) is 7.05. The summed E-state index contributed by atoms with van der Waals surface area (Å²) in [5.74, 6) is 1.10. The molecule has 1 rings (SSSR count). The first-order chi connectivity index (χ1) is 9.60. The van der Waals surface area contributed by atoms with E-state index in [4.69, 9.17) is 0 Å². The summed E-state index contributed by atoms with van der Waals surface area (Å²) in [4.78, 5) is 1.44. The predicted molar refractivity (Wildman–Crippen MR) is 87.9 cm³/mol. The van der Waals surface area contributed by atoms with Crippen LogP contribution in [-0.4, -0.2) is 14.2 Å². The summed E-state index contributed by atoms with van der Waals surface area (Å²) in [5, 5.41) is 0.992. The van der Waals surface area contributed by atoms with Gasteiger partial charge in [-0.25, -0.2) is 8.42 Å². The Morgan fingerprint density at radius 1 is 1.05 bits per heavy atom. The molecule has 0 saturated heterocycles. The smallest absolute Gasteiger partial charge is 0.199 e. The highest BCUT2D eigenvalue weighted by atomic mass is 32.2. The second kappa shape index (κ2) is 9.24. The Hall–Kier alpha value is -0.740. The number of rotatable bonds is 10. The zero-order valence-electron chi connectivity index (χ0n) is 12.2. The van der Waals surface area contributed by atoms with E-state index in [1.165, 1.54) is 38.5 Å². The van der Waals surface area contributed by atoms with Gasteiger partial charge >= 0.3 is 0 Å². The molecule has 0 unspecified atom stereocenters. The Bertz CT molecular complexity index is 490. The third-order valence-corrected chi connectivity index (χ3v) is 5.60. The van der Waals surface area contributed by atoms with Crippen LogP contribution in [0.1, 0.15) is 45.4 Å². The molecule has 0 aliphatic rings. The van der Waals surface area contributed by atoms with Gasteiger partial charge in [-0.1, -0.05) is 45.6 Å². The van der Waals surface area contributed by atoms with E-state index in [-0.39, 0.29) is 0 Å². The Labute approximate surface area is 127 Å². The zero-order chi connectivity index (χ0) is 14.8. The first kappa shape index (κ1) is 17.3. The van der Waals surface area contributed by atoms with Gasteiger partial charge in [0.1, 0.15) is 0 Å². The van der Waals surface area contributed by atoms with Crippen LogP contribution in [0.4, 0.5) is 0 Å². The van der Waals surface area contributed by atoms with Crippen LogP contribution in [0.15, 0.2) is 46.0 Å². The van der Waals surface area contributed by atoms with E-state index in [1.807, 2.05) is 12.1 Å². The lowest BCUT2D eigenvalue weighted by Gasteiger charge is -2.04. The lowest BCUT2D eigenvalue weighted by Crippen LogP contribution is -1.94. The van der Waals surface area contributed by atoms with Crippen molar-refractivity contribution in [1.29, 1.82) is 0 Å². The molecule has 0 amide bonds. The number of thioether (sulfide) groups is 1. The molecule has 20 heavy (non-hydrogen) atoms. The van der Waals surface area contributed by atoms with E-state index >= 15 is 0 Å². The summed E-state index contributed by atoms with van der Waals surface area (Å²) in [5.41, 5.74) is 0. The first-order valence-electron chi connectivity index (χ1n) is 7.20. The van der Waals surface area contributed by atoms with Gasteiger partial charge in [-0.05, 0) is 36.4 Å². The highest BCUT2D eigenvalue weighted by Crippen LogP contribution is 2.22. The molecule has 1 aromatic rings. The van der Waals surface area contributed by atoms with Gasteiger partial charge in [0.15, 0.2) is 9.84 Å². The van der Waals surface area contributed by atoms with Crippen molar-refractivity contribution in [3.05, 3.63) is 36.3 Å². The fourth-order valence-corrected chi connectivity index (χ4v) is 3.51. The average molecular weight is 312 g/mol. The average Bonchev–Trinajstić information content (AvgIpc) is 2.47. The van der Waals surface area contributed by atoms with Crippen LogP contribution in [0.5, 0.6) is 0 Å². The minimum absolute atomic E-state index is 0.316. The molecular weight excluding hydrogens is 288 g/mol. The summed E-state index contributed by atoms with van der Waals surface area (Å²) in [6.45, 7) is 5.56. The van der Waals surface area contributed by atoms with E-state index in [0.29, 0.717) is 4.90 Å². The van der Waals surface area contributed by atoms with Gasteiger partial charge in [0.05, 0.1) is 4.90 Å². The molecule has 0 atom stereocenters. The quantitative estimate of drug-likeness (QED) is 0.447. The van der Waals surface area contributed by atoms with Crippen molar-refractivity contribution in [2.45, 2.75) is 55.2 Å². The van der Waals surface area contributed by atoms with Crippen molar-refractivity contribution >= 4 is 21.6 Å². The number of sulfone groups is 1. The molecule has 1 aromatic carbocycles. The van der Waals surface area contributed by atoms with Crippen molar-refractivity contribution < 1.29 is 8.42 Å². The molecule has 0 bridgehead atoms. The lowest BCUT2D eigenvalue weighted by atomic mass is 10.1. The van der Waals surface area contributed by atoms with Gasteiger partial charge in [-0.15, -0.1) is 11.8 Å². The molecule has 0 aliphatic heterocycles. The van der Waals surface area contributed by atoms with E-state index in [0.717, 1.165) is 16.1 Å². The standard InChI is InChI=1S/C16H24O2S2/c1-3-5-6-7-8-9-14-19-15-10-12-16(13-11-15)20(17,18)4-2/h4,10-13H,2-3,5-9,14H2,1H3. The molecule has 0 radical (unpaired) electrons. The molecule has 0 aromatic heterocycles. The monoisotopic (exact) mass is 312 g/mol. The third-order valence-electron chi connectivity index (χ3n) is 3.14.